The Labute approximate surface area is 110 Å². The van der Waals surface area contributed by atoms with Crippen LogP contribution in [0.3, 0.4) is 0 Å². The number of pyridine rings is 1. The van der Waals surface area contributed by atoms with Gasteiger partial charge in [0.2, 0.25) is 0 Å². The predicted octanol–water partition coefficient (Wildman–Crippen LogP) is 1.86. The minimum Gasteiger partial charge on any atom is -0.363 e. The first kappa shape index (κ1) is 13.0. The summed E-state index contributed by atoms with van der Waals surface area (Å²) in [6.45, 7) is 2.39. The van der Waals surface area contributed by atoms with E-state index in [0.717, 1.165) is 10.7 Å². The van der Waals surface area contributed by atoms with Crippen molar-refractivity contribution < 1.29 is 8.42 Å². The van der Waals surface area contributed by atoms with Crippen LogP contribution in [0, 0.1) is 6.92 Å². The first-order chi connectivity index (χ1) is 8.47. The number of nitrogens with zero attached hydrogens (tertiary/aromatic N) is 2. The summed E-state index contributed by atoms with van der Waals surface area (Å²) in [7, 11) is -3.28. The Morgan fingerprint density at radius 2 is 2.22 bits per heavy atom. The molecule has 0 aliphatic carbocycles. The van der Waals surface area contributed by atoms with Crippen molar-refractivity contribution in [1.82, 2.24) is 9.97 Å². The van der Waals surface area contributed by atoms with Crippen LogP contribution in [-0.4, -0.2) is 24.6 Å². The van der Waals surface area contributed by atoms with Gasteiger partial charge in [-0.05, 0) is 19.1 Å². The molecule has 0 aliphatic rings. The molecule has 0 atom stereocenters. The molecular formula is C11H13N3O2S2. The molecule has 18 heavy (non-hydrogen) atoms. The molecule has 96 valence electrons. The number of thiazole rings is 1. The van der Waals surface area contributed by atoms with Crippen molar-refractivity contribution in [2.24, 2.45) is 0 Å². The molecule has 2 aromatic heterocycles. The van der Waals surface area contributed by atoms with Crippen molar-refractivity contribution in [3.05, 3.63) is 34.4 Å². The highest BCUT2D eigenvalue weighted by Gasteiger charge is 2.13. The van der Waals surface area contributed by atoms with Gasteiger partial charge in [-0.3, -0.25) is 0 Å². The second kappa shape index (κ2) is 5.03. The molecule has 1 N–H and O–H groups in total. The van der Waals surface area contributed by atoms with Gasteiger partial charge in [-0.25, -0.2) is 18.4 Å². The molecule has 0 aromatic carbocycles. The van der Waals surface area contributed by atoms with Crippen LogP contribution in [0.15, 0.2) is 28.6 Å². The Morgan fingerprint density at radius 3 is 2.83 bits per heavy atom. The second-order valence-electron chi connectivity index (χ2n) is 3.83. The number of aryl methyl sites for hydroxylation is 1. The zero-order valence-corrected chi connectivity index (χ0v) is 11.7. The Balaban J connectivity index is 2.20. The molecule has 0 fully saturated rings. The third-order valence-corrected chi connectivity index (χ3v) is 4.22. The lowest BCUT2D eigenvalue weighted by molar-refractivity contribution is 0.601. The van der Waals surface area contributed by atoms with E-state index >= 15 is 0 Å². The molecule has 2 heterocycles. The number of hydrogen-bond acceptors (Lipinski definition) is 6. The lowest BCUT2D eigenvalue weighted by Crippen LogP contribution is -2.08. The number of sulfone groups is 1. The van der Waals surface area contributed by atoms with E-state index in [9.17, 15) is 8.42 Å². The van der Waals surface area contributed by atoms with Gasteiger partial charge in [0.05, 0.1) is 17.2 Å². The zero-order chi connectivity index (χ0) is 13.2. The Kier molecular flexibility index (Phi) is 3.63. The molecule has 0 amide bonds. The standard InChI is InChI=1S/C11H13N3O2S2/c1-8-14-9(7-17-8)6-13-11-10(18(2,15)16)4-3-5-12-11/h3-5,7H,6H2,1-2H3,(H,12,13). The number of aromatic nitrogens is 2. The molecule has 0 bridgehead atoms. The van der Waals surface area contributed by atoms with Crippen molar-refractivity contribution in [1.29, 1.82) is 0 Å². The maximum atomic E-state index is 11.6. The molecule has 0 radical (unpaired) electrons. The molecule has 2 rings (SSSR count). The quantitative estimate of drug-likeness (QED) is 0.927. The van der Waals surface area contributed by atoms with E-state index < -0.39 is 9.84 Å². The fourth-order valence-corrected chi connectivity index (χ4v) is 2.90. The van der Waals surface area contributed by atoms with E-state index in [1.165, 1.54) is 12.3 Å². The highest BCUT2D eigenvalue weighted by Crippen LogP contribution is 2.18. The SMILES string of the molecule is Cc1nc(CNc2ncccc2S(C)(=O)=O)cs1. The highest BCUT2D eigenvalue weighted by atomic mass is 32.2. The first-order valence-corrected chi connectivity index (χ1v) is 8.04. The minimum atomic E-state index is -3.28. The number of rotatable bonds is 4. The molecule has 0 saturated carbocycles. The Morgan fingerprint density at radius 1 is 1.44 bits per heavy atom. The molecule has 7 heteroatoms. The zero-order valence-electron chi connectivity index (χ0n) is 10.0. The van der Waals surface area contributed by atoms with Crippen molar-refractivity contribution in [3.8, 4) is 0 Å². The molecule has 2 aromatic rings. The fraction of sp³-hybridized carbons (Fsp3) is 0.273. The minimum absolute atomic E-state index is 0.206. The largest absolute Gasteiger partial charge is 0.363 e. The first-order valence-electron chi connectivity index (χ1n) is 5.27. The lowest BCUT2D eigenvalue weighted by Gasteiger charge is -2.07. The molecule has 0 spiro atoms. The summed E-state index contributed by atoms with van der Waals surface area (Å²) in [4.78, 5) is 8.55. The van der Waals surface area contributed by atoms with Crippen molar-refractivity contribution >= 4 is 27.0 Å². The normalized spacial score (nSPS) is 11.4. The van der Waals surface area contributed by atoms with E-state index in [1.807, 2.05) is 12.3 Å². The van der Waals surface area contributed by atoms with Gasteiger partial charge in [-0.1, -0.05) is 0 Å². The monoisotopic (exact) mass is 283 g/mol. The predicted molar refractivity (Wildman–Crippen MR) is 71.5 cm³/mol. The number of hydrogen-bond donors (Lipinski definition) is 1. The van der Waals surface area contributed by atoms with Gasteiger partial charge in [0.1, 0.15) is 10.7 Å². The van der Waals surface area contributed by atoms with Crippen LogP contribution in [0.5, 0.6) is 0 Å². The lowest BCUT2D eigenvalue weighted by atomic mass is 10.4. The highest BCUT2D eigenvalue weighted by molar-refractivity contribution is 7.90. The third-order valence-electron chi connectivity index (χ3n) is 2.27. The number of anilines is 1. The van der Waals surface area contributed by atoms with E-state index in [2.05, 4.69) is 15.3 Å². The summed E-state index contributed by atoms with van der Waals surface area (Å²) >= 11 is 1.56. The maximum absolute atomic E-state index is 11.6. The summed E-state index contributed by atoms with van der Waals surface area (Å²) in [5.74, 6) is 0.366. The maximum Gasteiger partial charge on any atom is 0.179 e. The van der Waals surface area contributed by atoms with Crippen LogP contribution in [0.1, 0.15) is 10.7 Å². The van der Waals surface area contributed by atoms with E-state index in [-0.39, 0.29) is 4.90 Å². The van der Waals surface area contributed by atoms with Crippen molar-refractivity contribution in [2.75, 3.05) is 11.6 Å². The Hall–Kier alpha value is -1.47. The van der Waals surface area contributed by atoms with Gasteiger partial charge in [-0.15, -0.1) is 11.3 Å². The van der Waals surface area contributed by atoms with Crippen molar-refractivity contribution in [3.63, 3.8) is 0 Å². The van der Waals surface area contributed by atoms with Crippen LogP contribution in [0.25, 0.3) is 0 Å². The van der Waals surface area contributed by atoms with Gasteiger partial charge < -0.3 is 5.32 Å². The van der Waals surface area contributed by atoms with Crippen molar-refractivity contribution in [2.45, 2.75) is 18.4 Å². The van der Waals surface area contributed by atoms with Gasteiger partial charge in [0.15, 0.2) is 9.84 Å². The Bertz CT molecular complexity index is 650. The van der Waals surface area contributed by atoms with E-state index in [4.69, 9.17) is 0 Å². The van der Waals surface area contributed by atoms with E-state index in [0.29, 0.717) is 12.4 Å². The smallest absolute Gasteiger partial charge is 0.179 e. The summed E-state index contributed by atoms with van der Waals surface area (Å²) in [5.41, 5.74) is 0.877. The van der Waals surface area contributed by atoms with Crippen LogP contribution in [0.2, 0.25) is 0 Å². The van der Waals surface area contributed by atoms with Crippen LogP contribution in [0.4, 0.5) is 5.82 Å². The molecule has 5 nitrogen and oxygen atoms in total. The average Bonchev–Trinajstić information content (AvgIpc) is 2.72. The summed E-state index contributed by atoms with van der Waals surface area (Å²) in [5, 5.41) is 5.92. The number of nitrogens with one attached hydrogen (secondary N) is 1. The molecule has 0 unspecified atom stereocenters. The molecular weight excluding hydrogens is 270 g/mol. The third kappa shape index (κ3) is 3.05. The van der Waals surface area contributed by atoms with Crippen LogP contribution >= 0.6 is 11.3 Å². The van der Waals surface area contributed by atoms with Gasteiger partial charge in [-0.2, -0.15) is 0 Å². The van der Waals surface area contributed by atoms with E-state index in [1.54, 1.807) is 23.6 Å². The van der Waals surface area contributed by atoms with Gasteiger partial charge in [0, 0.05) is 17.8 Å². The summed E-state index contributed by atoms with van der Waals surface area (Å²) in [6, 6.07) is 3.14. The average molecular weight is 283 g/mol. The summed E-state index contributed by atoms with van der Waals surface area (Å²) in [6.07, 6.45) is 2.73. The molecule has 0 aliphatic heterocycles. The fourth-order valence-electron chi connectivity index (χ4n) is 1.49. The summed E-state index contributed by atoms with van der Waals surface area (Å²) < 4.78 is 23.2. The molecule has 0 saturated heterocycles. The van der Waals surface area contributed by atoms with Crippen LogP contribution in [-0.2, 0) is 16.4 Å². The van der Waals surface area contributed by atoms with Gasteiger partial charge >= 0.3 is 0 Å². The topological polar surface area (TPSA) is 72.0 Å². The second-order valence-corrected chi connectivity index (χ2v) is 6.88. The van der Waals surface area contributed by atoms with Gasteiger partial charge in [0.25, 0.3) is 0 Å². The van der Waals surface area contributed by atoms with Crippen LogP contribution < -0.4 is 5.32 Å².